The van der Waals surface area contributed by atoms with Crippen molar-refractivity contribution in [2.24, 2.45) is 10.9 Å². The van der Waals surface area contributed by atoms with Crippen LogP contribution in [-0.2, 0) is 0 Å². The average molecular weight is 205 g/mol. The molecule has 3 nitrogen and oxygen atoms in total. The molecule has 72 valence electrons. The van der Waals surface area contributed by atoms with Gasteiger partial charge in [0.2, 0.25) is 0 Å². The van der Waals surface area contributed by atoms with Crippen molar-refractivity contribution in [1.82, 2.24) is 4.98 Å². The Morgan fingerprint density at radius 2 is 2.07 bits per heavy atom. The van der Waals surface area contributed by atoms with Gasteiger partial charge in [0, 0.05) is 0 Å². The zero-order valence-corrected chi connectivity index (χ0v) is 8.93. The molecular weight excluding hydrogens is 194 g/mol. The van der Waals surface area contributed by atoms with Crippen LogP contribution in [0.4, 0.5) is 0 Å². The number of nitrogens with two attached hydrogens (primary N) is 1. The van der Waals surface area contributed by atoms with Crippen LogP contribution in [0.1, 0.15) is 16.1 Å². The monoisotopic (exact) mass is 205 g/mol. The fraction of sp³-hybridized carbons (Fsp3) is 0.200. The molecule has 0 saturated carbocycles. The van der Waals surface area contributed by atoms with E-state index in [0.29, 0.717) is 0 Å². The molecule has 0 fully saturated rings. The number of hydrogen-bond acceptors (Lipinski definition) is 4. The third-order valence-corrected chi connectivity index (χ3v) is 3.16. The minimum atomic E-state index is 0.854. The Bertz CT molecular complexity index is 460. The van der Waals surface area contributed by atoms with Gasteiger partial charge in [0.1, 0.15) is 5.01 Å². The molecule has 0 amide bonds. The zero-order chi connectivity index (χ0) is 10.1. The second-order valence-electron chi connectivity index (χ2n) is 3.23. The van der Waals surface area contributed by atoms with E-state index in [1.54, 1.807) is 17.6 Å². The molecule has 2 aromatic rings. The molecule has 4 heteroatoms. The predicted molar refractivity (Wildman–Crippen MR) is 60.9 cm³/mol. The van der Waals surface area contributed by atoms with Crippen molar-refractivity contribution in [1.29, 1.82) is 0 Å². The number of fused-ring (bicyclic) bond motifs is 1. The Kier molecular flexibility index (Phi) is 2.21. The molecule has 14 heavy (non-hydrogen) atoms. The van der Waals surface area contributed by atoms with E-state index >= 15 is 0 Å². The lowest BCUT2D eigenvalue weighted by atomic mass is 10.1. The maximum Gasteiger partial charge on any atom is 0.137 e. The molecule has 0 aliphatic carbocycles. The molecule has 0 radical (unpaired) electrons. The smallest absolute Gasteiger partial charge is 0.137 e. The van der Waals surface area contributed by atoms with E-state index in [1.807, 2.05) is 0 Å². The number of aromatic nitrogens is 1. The Morgan fingerprint density at radius 1 is 1.36 bits per heavy atom. The third-order valence-electron chi connectivity index (χ3n) is 2.21. The number of nitrogens with zero attached hydrogens (tertiary/aromatic N) is 2. The lowest BCUT2D eigenvalue weighted by Gasteiger charge is -1.96. The molecule has 0 bridgehead atoms. The summed E-state index contributed by atoms with van der Waals surface area (Å²) in [6, 6.07) is 4.24. The molecule has 2 N–H and O–H groups in total. The van der Waals surface area contributed by atoms with E-state index in [4.69, 9.17) is 5.84 Å². The highest BCUT2D eigenvalue weighted by atomic mass is 32.1. The van der Waals surface area contributed by atoms with Gasteiger partial charge in [-0.2, -0.15) is 5.10 Å². The van der Waals surface area contributed by atoms with E-state index < -0.39 is 0 Å². The molecular formula is C10H11N3S. The van der Waals surface area contributed by atoms with Gasteiger partial charge in [-0.1, -0.05) is 0 Å². The van der Waals surface area contributed by atoms with Crippen LogP contribution in [0.5, 0.6) is 0 Å². The molecule has 0 atom stereocenters. The normalized spacial score (nSPS) is 11.6. The summed E-state index contributed by atoms with van der Waals surface area (Å²) in [5.74, 6) is 5.08. The Hall–Kier alpha value is -1.42. The van der Waals surface area contributed by atoms with Gasteiger partial charge in [-0.05, 0) is 37.1 Å². The van der Waals surface area contributed by atoms with Crippen molar-refractivity contribution in [2.75, 3.05) is 0 Å². The van der Waals surface area contributed by atoms with Gasteiger partial charge in [0.05, 0.1) is 16.4 Å². The van der Waals surface area contributed by atoms with Gasteiger partial charge >= 0.3 is 0 Å². The summed E-state index contributed by atoms with van der Waals surface area (Å²) in [4.78, 5) is 4.39. The number of aryl methyl sites for hydroxylation is 2. The van der Waals surface area contributed by atoms with Crippen molar-refractivity contribution in [3.8, 4) is 0 Å². The van der Waals surface area contributed by atoms with Gasteiger partial charge in [0.15, 0.2) is 0 Å². The lowest BCUT2D eigenvalue weighted by Crippen LogP contribution is -1.84. The van der Waals surface area contributed by atoms with Gasteiger partial charge in [-0.25, -0.2) is 4.98 Å². The van der Waals surface area contributed by atoms with Crippen LogP contribution in [0.15, 0.2) is 17.2 Å². The van der Waals surface area contributed by atoms with Crippen LogP contribution in [0, 0.1) is 13.8 Å². The highest BCUT2D eigenvalue weighted by molar-refractivity contribution is 7.20. The van der Waals surface area contributed by atoms with Crippen LogP contribution in [0.2, 0.25) is 0 Å². The maximum absolute atomic E-state index is 5.08. The molecule has 1 heterocycles. The second-order valence-corrected chi connectivity index (χ2v) is 4.30. The molecule has 0 unspecified atom stereocenters. The minimum Gasteiger partial charge on any atom is -0.323 e. The largest absolute Gasteiger partial charge is 0.323 e. The molecule has 1 aromatic heterocycles. The summed E-state index contributed by atoms with van der Waals surface area (Å²) in [6.45, 7) is 4.19. The van der Waals surface area contributed by atoms with Crippen molar-refractivity contribution in [2.45, 2.75) is 13.8 Å². The Balaban J connectivity index is 2.65. The summed E-state index contributed by atoms with van der Waals surface area (Å²) in [5, 5.41) is 4.32. The van der Waals surface area contributed by atoms with Gasteiger partial charge in [-0.15, -0.1) is 11.3 Å². The van der Waals surface area contributed by atoms with E-state index in [-0.39, 0.29) is 0 Å². The topological polar surface area (TPSA) is 51.3 Å². The summed E-state index contributed by atoms with van der Waals surface area (Å²) in [7, 11) is 0. The predicted octanol–water partition coefficient (Wildman–Crippen LogP) is 2.21. The van der Waals surface area contributed by atoms with Gasteiger partial charge in [0.25, 0.3) is 0 Å². The van der Waals surface area contributed by atoms with Crippen molar-refractivity contribution >= 4 is 27.8 Å². The van der Waals surface area contributed by atoms with E-state index in [1.165, 1.54) is 15.8 Å². The lowest BCUT2D eigenvalue weighted by molar-refractivity contribution is 1.26. The number of benzene rings is 1. The van der Waals surface area contributed by atoms with Crippen LogP contribution in [0.3, 0.4) is 0 Å². The Morgan fingerprint density at radius 3 is 2.79 bits per heavy atom. The summed E-state index contributed by atoms with van der Waals surface area (Å²) >= 11 is 1.60. The standard InChI is InChI=1S/C10H11N3S/c1-6-3-8-9(4-7(6)2)14-10(13-8)5-12-11/h3-5H,11H2,1-2H3. The average Bonchev–Trinajstić information content (AvgIpc) is 2.48. The summed E-state index contributed by atoms with van der Waals surface area (Å²) < 4.78 is 1.18. The van der Waals surface area contributed by atoms with Crippen molar-refractivity contribution < 1.29 is 0 Å². The molecule has 0 aliphatic rings. The Labute approximate surface area is 86.3 Å². The zero-order valence-electron chi connectivity index (χ0n) is 8.11. The maximum atomic E-state index is 5.08. The minimum absolute atomic E-state index is 0.854. The molecule has 0 saturated heterocycles. The highest BCUT2D eigenvalue weighted by Gasteiger charge is 2.03. The molecule has 2 rings (SSSR count). The van der Waals surface area contributed by atoms with Gasteiger partial charge < -0.3 is 5.84 Å². The first-order chi connectivity index (χ1) is 6.70. The number of hydrogen-bond donors (Lipinski definition) is 1. The second kappa shape index (κ2) is 3.38. The van der Waals surface area contributed by atoms with E-state index in [0.717, 1.165) is 10.5 Å². The molecule has 0 aliphatic heterocycles. The van der Waals surface area contributed by atoms with E-state index in [2.05, 4.69) is 36.1 Å². The number of rotatable bonds is 1. The fourth-order valence-corrected chi connectivity index (χ4v) is 2.24. The first-order valence-corrected chi connectivity index (χ1v) is 5.13. The number of thiazole rings is 1. The van der Waals surface area contributed by atoms with Crippen molar-refractivity contribution in [3.63, 3.8) is 0 Å². The van der Waals surface area contributed by atoms with Crippen molar-refractivity contribution in [3.05, 3.63) is 28.3 Å². The van der Waals surface area contributed by atoms with Crippen LogP contribution in [-0.4, -0.2) is 11.2 Å². The SMILES string of the molecule is Cc1cc2nc(C=NN)sc2cc1C. The quantitative estimate of drug-likeness (QED) is 0.441. The summed E-state index contributed by atoms with van der Waals surface area (Å²) in [6.07, 6.45) is 1.58. The third kappa shape index (κ3) is 1.48. The first kappa shape index (κ1) is 9.15. The molecule has 1 aromatic carbocycles. The van der Waals surface area contributed by atoms with Gasteiger partial charge in [-0.3, -0.25) is 0 Å². The first-order valence-electron chi connectivity index (χ1n) is 4.32. The molecule has 0 spiro atoms. The van der Waals surface area contributed by atoms with Crippen LogP contribution >= 0.6 is 11.3 Å². The highest BCUT2D eigenvalue weighted by Crippen LogP contribution is 2.24. The van der Waals surface area contributed by atoms with Crippen LogP contribution in [0.25, 0.3) is 10.2 Å². The number of hydrazone groups is 1. The summed E-state index contributed by atoms with van der Waals surface area (Å²) in [5.41, 5.74) is 3.57. The van der Waals surface area contributed by atoms with Crippen LogP contribution < -0.4 is 5.84 Å². The fourth-order valence-electron chi connectivity index (χ4n) is 1.32. The van der Waals surface area contributed by atoms with E-state index in [9.17, 15) is 0 Å².